The molecule has 8 heteroatoms. The minimum atomic E-state index is -0.320. The molecule has 0 spiro atoms. The molecular weight excluding hydrogens is 422 g/mol. The quantitative estimate of drug-likeness (QED) is 0.453. The van der Waals surface area contributed by atoms with E-state index >= 15 is 0 Å². The third kappa shape index (κ3) is 7.38. The van der Waals surface area contributed by atoms with Crippen molar-refractivity contribution in [3.8, 4) is 11.5 Å². The van der Waals surface area contributed by atoms with Gasteiger partial charge in [-0.15, -0.1) is 0 Å². The average molecular weight is 452 g/mol. The number of nitrogens with zero attached hydrogens (tertiary/aromatic N) is 2. The Kier molecular flexibility index (Phi) is 8.88. The molecule has 3 aromatic rings. The smallest absolute Gasteiger partial charge is 0.273 e. The standard InChI is InChI=1S/C25H29N3O5/c1-3-15-28(24(29)18-32-21-7-5-4-6-8-21)17-22-16-23(27-33-22)25(30)26-14-13-19-9-11-20(31-2)12-10-19/h4-12,16H,3,13-15,17-18H2,1-2H3,(H,26,30). The molecule has 0 saturated carbocycles. The number of carbonyl (C=O) groups excluding carboxylic acids is 2. The number of amides is 2. The van der Waals surface area contributed by atoms with E-state index in [2.05, 4.69) is 10.5 Å². The molecule has 0 aliphatic heterocycles. The van der Waals surface area contributed by atoms with Crippen LogP contribution >= 0.6 is 0 Å². The van der Waals surface area contributed by atoms with Crippen LogP contribution in [0.15, 0.2) is 65.2 Å². The van der Waals surface area contributed by atoms with Crippen molar-refractivity contribution in [1.82, 2.24) is 15.4 Å². The molecule has 0 unspecified atom stereocenters. The van der Waals surface area contributed by atoms with E-state index in [1.54, 1.807) is 30.2 Å². The van der Waals surface area contributed by atoms with Crippen LogP contribution in [-0.2, 0) is 17.8 Å². The lowest BCUT2D eigenvalue weighted by molar-refractivity contribution is -0.134. The fraction of sp³-hybridized carbons (Fsp3) is 0.320. The summed E-state index contributed by atoms with van der Waals surface area (Å²) in [5.74, 6) is 1.38. The zero-order chi connectivity index (χ0) is 23.5. The third-order valence-corrected chi connectivity index (χ3v) is 4.95. The summed E-state index contributed by atoms with van der Waals surface area (Å²) in [5.41, 5.74) is 1.27. The number of hydrogen-bond acceptors (Lipinski definition) is 6. The zero-order valence-electron chi connectivity index (χ0n) is 19.0. The second kappa shape index (κ2) is 12.3. The first-order valence-electron chi connectivity index (χ1n) is 10.9. The molecule has 0 fully saturated rings. The van der Waals surface area contributed by atoms with Crippen LogP contribution in [0.2, 0.25) is 0 Å². The average Bonchev–Trinajstić information content (AvgIpc) is 3.32. The molecule has 0 bridgehead atoms. The lowest BCUT2D eigenvalue weighted by Crippen LogP contribution is -2.35. The van der Waals surface area contributed by atoms with E-state index in [1.165, 1.54) is 0 Å². The first-order valence-corrected chi connectivity index (χ1v) is 10.9. The monoisotopic (exact) mass is 451 g/mol. The van der Waals surface area contributed by atoms with E-state index in [4.69, 9.17) is 14.0 Å². The van der Waals surface area contributed by atoms with Gasteiger partial charge in [0.05, 0.1) is 13.7 Å². The molecule has 0 radical (unpaired) electrons. The van der Waals surface area contributed by atoms with Crippen molar-refractivity contribution in [2.75, 3.05) is 26.8 Å². The van der Waals surface area contributed by atoms with Crippen molar-refractivity contribution < 1.29 is 23.6 Å². The van der Waals surface area contributed by atoms with E-state index in [-0.39, 0.29) is 30.7 Å². The molecule has 0 saturated heterocycles. The van der Waals surface area contributed by atoms with Gasteiger partial charge in [0.15, 0.2) is 18.1 Å². The third-order valence-electron chi connectivity index (χ3n) is 4.95. The van der Waals surface area contributed by atoms with Crippen LogP contribution in [-0.4, -0.2) is 48.7 Å². The number of benzene rings is 2. The lowest BCUT2D eigenvalue weighted by atomic mass is 10.1. The van der Waals surface area contributed by atoms with Gasteiger partial charge in [0.25, 0.3) is 11.8 Å². The molecule has 174 valence electrons. The second-order valence-corrected chi connectivity index (χ2v) is 7.45. The van der Waals surface area contributed by atoms with Gasteiger partial charge < -0.3 is 24.2 Å². The summed E-state index contributed by atoms with van der Waals surface area (Å²) in [7, 11) is 1.62. The normalized spacial score (nSPS) is 10.5. The minimum absolute atomic E-state index is 0.0726. The number of methoxy groups -OCH3 is 1. The van der Waals surface area contributed by atoms with E-state index in [1.807, 2.05) is 49.4 Å². The molecule has 33 heavy (non-hydrogen) atoms. The van der Waals surface area contributed by atoms with Crippen molar-refractivity contribution in [3.05, 3.63) is 77.7 Å². The lowest BCUT2D eigenvalue weighted by Gasteiger charge is -2.20. The van der Waals surface area contributed by atoms with Gasteiger partial charge in [0.1, 0.15) is 11.5 Å². The Hall–Kier alpha value is -3.81. The molecule has 8 nitrogen and oxygen atoms in total. The second-order valence-electron chi connectivity index (χ2n) is 7.45. The Morgan fingerprint density at radius 1 is 1.06 bits per heavy atom. The molecule has 1 heterocycles. The molecule has 2 aromatic carbocycles. The summed E-state index contributed by atoms with van der Waals surface area (Å²) < 4.78 is 16.0. The van der Waals surface area contributed by atoms with Crippen molar-refractivity contribution >= 4 is 11.8 Å². The van der Waals surface area contributed by atoms with Gasteiger partial charge in [0.2, 0.25) is 0 Å². The first-order chi connectivity index (χ1) is 16.1. The number of nitrogens with one attached hydrogen (secondary N) is 1. The van der Waals surface area contributed by atoms with Crippen LogP contribution in [0.3, 0.4) is 0 Å². The van der Waals surface area contributed by atoms with Crippen LogP contribution in [0.5, 0.6) is 11.5 Å². The maximum Gasteiger partial charge on any atom is 0.273 e. The molecule has 0 aliphatic rings. The van der Waals surface area contributed by atoms with Crippen molar-refractivity contribution in [2.24, 2.45) is 0 Å². The van der Waals surface area contributed by atoms with Crippen molar-refractivity contribution in [3.63, 3.8) is 0 Å². The van der Waals surface area contributed by atoms with E-state index < -0.39 is 0 Å². The Balaban J connectivity index is 1.49. The Bertz CT molecular complexity index is 1020. The minimum Gasteiger partial charge on any atom is -0.497 e. The Morgan fingerprint density at radius 2 is 1.82 bits per heavy atom. The highest BCUT2D eigenvalue weighted by molar-refractivity contribution is 5.92. The molecule has 0 atom stereocenters. The summed E-state index contributed by atoms with van der Waals surface area (Å²) in [4.78, 5) is 26.7. The maximum atomic E-state index is 12.6. The topological polar surface area (TPSA) is 93.9 Å². The summed E-state index contributed by atoms with van der Waals surface area (Å²) >= 11 is 0. The van der Waals surface area contributed by atoms with Gasteiger partial charge in [-0.25, -0.2) is 0 Å². The van der Waals surface area contributed by atoms with Gasteiger partial charge >= 0.3 is 0 Å². The van der Waals surface area contributed by atoms with Crippen LogP contribution < -0.4 is 14.8 Å². The number of ether oxygens (including phenoxy) is 2. The predicted octanol–water partition coefficient (Wildman–Crippen LogP) is 3.47. The highest BCUT2D eigenvalue weighted by Crippen LogP contribution is 2.13. The van der Waals surface area contributed by atoms with Crippen LogP contribution in [0.1, 0.15) is 35.2 Å². The summed E-state index contributed by atoms with van der Waals surface area (Å²) in [6, 6.07) is 18.4. The van der Waals surface area contributed by atoms with Crippen molar-refractivity contribution in [2.45, 2.75) is 26.3 Å². The molecular formula is C25H29N3O5. The van der Waals surface area contributed by atoms with Crippen molar-refractivity contribution in [1.29, 1.82) is 0 Å². The Labute approximate surface area is 193 Å². The van der Waals surface area contributed by atoms with Gasteiger partial charge in [-0.2, -0.15) is 0 Å². The molecule has 0 aliphatic carbocycles. The summed E-state index contributed by atoms with van der Waals surface area (Å²) in [6.45, 7) is 3.14. The largest absolute Gasteiger partial charge is 0.497 e. The predicted molar refractivity (Wildman–Crippen MR) is 123 cm³/mol. The van der Waals surface area contributed by atoms with Gasteiger partial charge in [-0.05, 0) is 42.7 Å². The maximum absolute atomic E-state index is 12.6. The highest BCUT2D eigenvalue weighted by atomic mass is 16.5. The van der Waals surface area contributed by atoms with Crippen LogP contribution in [0, 0.1) is 0 Å². The van der Waals surface area contributed by atoms with E-state index in [9.17, 15) is 9.59 Å². The number of para-hydroxylation sites is 1. The SMILES string of the molecule is CCCN(Cc1cc(C(=O)NCCc2ccc(OC)cc2)no1)C(=O)COc1ccccc1. The summed E-state index contributed by atoms with van der Waals surface area (Å²) in [5, 5.41) is 6.69. The fourth-order valence-electron chi connectivity index (χ4n) is 3.20. The van der Waals surface area contributed by atoms with E-state index in [0.717, 1.165) is 17.7 Å². The number of carbonyl (C=O) groups is 2. The number of hydrogen-bond donors (Lipinski definition) is 1. The fourth-order valence-corrected chi connectivity index (χ4v) is 3.20. The van der Waals surface area contributed by atoms with E-state index in [0.29, 0.717) is 31.0 Å². The zero-order valence-corrected chi connectivity index (χ0v) is 19.0. The molecule has 2 amide bonds. The highest BCUT2D eigenvalue weighted by Gasteiger charge is 2.18. The molecule has 1 N–H and O–H groups in total. The number of aromatic nitrogens is 1. The summed E-state index contributed by atoms with van der Waals surface area (Å²) in [6.07, 6.45) is 1.46. The van der Waals surface area contributed by atoms with Crippen LogP contribution in [0.25, 0.3) is 0 Å². The molecule has 3 rings (SSSR count). The van der Waals surface area contributed by atoms with Gasteiger partial charge in [0, 0.05) is 19.2 Å². The first kappa shape index (κ1) is 23.8. The molecule has 1 aromatic heterocycles. The van der Waals surface area contributed by atoms with Crippen LogP contribution in [0.4, 0.5) is 0 Å². The Morgan fingerprint density at radius 3 is 2.52 bits per heavy atom. The number of rotatable bonds is 12. The van der Waals surface area contributed by atoms with Gasteiger partial charge in [-0.3, -0.25) is 9.59 Å². The van der Waals surface area contributed by atoms with Gasteiger partial charge in [-0.1, -0.05) is 42.4 Å².